The quantitative estimate of drug-likeness (QED) is 0.752. The summed E-state index contributed by atoms with van der Waals surface area (Å²) in [6.07, 6.45) is 16.5. The zero-order chi connectivity index (χ0) is 11.1. The lowest BCUT2D eigenvalue weighted by atomic mass is 9.49. The first kappa shape index (κ1) is 11.1. The minimum atomic E-state index is 0.580. The number of hydrogen-bond donors (Lipinski definition) is 1. The van der Waals surface area contributed by atoms with E-state index in [-0.39, 0.29) is 0 Å². The molecule has 4 rings (SSSR count). The maximum atomic E-state index is 5.99. The molecule has 0 radical (unpaired) electrons. The molecule has 4 aliphatic carbocycles. The largest absolute Gasteiger partial charge is 0.330 e. The van der Waals surface area contributed by atoms with Crippen molar-refractivity contribution in [3.8, 4) is 0 Å². The van der Waals surface area contributed by atoms with Crippen LogP contribution in [-0.2, 0) is 0 Å². The molecule has 0 aromatic heterocycles. The van der Waals surface area contributed by atoms with E-state index in [4.69, 9.17) is 5.73 Å². The van der Waals surface area contributed by atoms with Gasteiger partial charge >= 0.3 is 0 Å². The highest BCUT2D eigenvalue weighted by molar-refractivity contribution is 5.02. The number of fused-ring (bicyclic) bond motifs is 3. The van der Waals surface area contributed by atoms with Crippen molar-refractivity contribution >= 4 is 0 Å². The summed E-state index contributed by atoms with van der Waals surface area (Å²) in [5.41, 5.74) is 7.35. The number of rotatable bonds is 2. The average Bonchev–Trinajstić information content (AvgIpc) is 2.42. The van der Waals surface area contributed by atoms with Crippen molar-refractivity contribution in [2.24, 2.45) is 22.5 Å². The van der Waals surface area contributed by atoms with Crippen molar-refractivity contribution < 1.29 is 0 Å². The highest BCUT2D eigenvalue weighted by atomic mass is 14.7. The lowest BCUT2D eigenvalue weighted by molar-refractivity contribution is -0.0531. The second-order valence-corrected chi connectivity index (χ2v) is 6.90. The van der Waals surface area contributed by atoms with Gasteiger partial charge < -0.3 is 5.73 Å². The summed E-state index contributed by atoms with van der Waals surface area (Å²) in [6.45, 7) is 0.952. The van der Waals surface area contributed by atoms with Crippen LogP contribution in [0.25, 0.3) is 0 Å². The normalized spacial score (nSPS) is 44.8. The molecule has 0 amide bonds. The van der Waals surface area contributed by atoms with Crippen LogP contribution in [0.1, 0.15) is 70.6 Å². The van der Waals surface area contributed by atoms with Crippen LogP contribution >= 0.6 is 0 Å². The predicted octanol–water partition coefficient (Wildman–Crippen LogP) is 3.87. The molecule has 4 aliphatic rings. The van der Waals surface area contributed by atoms with Crippen molar-refractivity contribution in [1.82, 2.24) is 0 Å². The Hall–Kier alpha value is -0.0400. The van der Waals surface area contributed by atoms with E-state index in [2.05, 4.69) is 0 Å². The summed E-state index contributed by atoms with van der Waals surface area (Å²) in [4.78, 5) is 0. The maximum absolute atomic E-state index is 5.99. The van der Waals surface area contributed by atoms with E-state index >= 15 is 0 Å². The van der Waals surface area contributed by atoms with E-state index in [9.17, 15) is 0 Å². The first-order valence-electron chi connectivity index (χ1n) is 7.49. The van der Waals surface area contributed by atoms with Gasteiger partial charge in [-0.1, -0.05) is 19.3 Å². The van der Waals surface area contributed by atoms with Gasteiger partial charge in [-0.15, -0.1) is 0 Å². The van der Waals surface area contributed by atoms with Crippen LogP contribution in [-0.4, -0.2) is 6.54 Å². The first-order chi connectivity index (χ1) is 7.79. The van der Waals surface area contributed by atoms with E-state index in [1.54, 1.807) is 0 Å². The Morgan fingerprint density at radius 2 is 1.38 bits per heavy atom. The van der Waals surface area contributed by atoms with Gasteiger partial charge in [-0.05, 0) is 74.7 Å². The van der Waals surface area contributed by atoms with Gasteiger partial charge in [-0.3, -0.25) is 0 Å². The van der Waals surface area contributed by atoms with Gasteiger partial charge in [0.2, 0.25) is 0 Å². The molecule has 0 aromatic rings. The van der Waals surface area contributed by atoms with Crippen LogP contribution in [0.3, 0.4) is 0 Å². The van der Waals surface area contributed by atoms with Crippen LogP contribution in [0.5, 0.6) is 0 Å². The first-order valence-corrected chi connectivity index (χ1v) is 7.49. The Morgan fingerprint density at radius 1 is 0.812 bits per heavy atom. The Balaban J connectivity index is 1.72. The molecular weight excluding hydrogens is 194 g/mol. The van der Waals surface area contributed by atoms with Gasteiger partial charge in [0, 0.05) is 0 Å². The summed E-state index contributed by atoms with van der Waals surface area (Å²) >= 11 is 0. The number of hydrogen-bond acceptors (Lipinski definition) is 1. The molecule has 0 aliphatic heterocycles. The molecule has 4 fully saturated rings. The summed E-state index contributed by atoms with van der Waals surface area (Å²) in [6, 6.07) is 0. The topological polar surface area (TPSA) is 26.0 Å². The minimum Gasteiger partial charge on any atom is -0.330 e. The van der Waals surface area contributed by atoms with Crippen molar-refractivity contribution in [1.29, 1.82) is 0 Å². The fraction of sp³-hybridized carbons (Fsp3) is 1.00. The van der Waals surface area contributed by atoms with Crippen molar-refractivity contribution in [3.05, 3.63) is 0 Å². The molecule has 16 heavy (non-hydrogen) atoms. The van der Waals surface area contributed by atoms with Gasteiger partial charge in [0.15, 0.2) is 0 Å². The molecule has 0 heterocycles. The Bertz CT molecular complexity index is 228. The third kappa shape index (κ3) is 1.63. The predicted molar refractivity (Wildman–Crippen MR) is 68.2 cm³/mol. The van der Waals surface area contributed by atoms with Gasteiger partial charge in [0.25, 0.3) is 0 Å². The Morgan fingerprint density at radius 3 is 1.88 bits per heavy atom. The molecule has 1 nitrogen and oxygen atoms in total. The van der Waals surface area contributed by atoms with Gasteiger partial charge in [0.05, 0.1) is 0 Å². The average molecular weight is 221 g/mol. The van der Waals surface area contributed by atoms with Crippen molar-refractivity contribution in [2.75, 3.05) is 6.54 Å². The van der Waals surface area contributed by atoms with Crippen LogP contribution in [0.15, 0.2) is 0 Å². The van der Waals surface area contributed by atoms with Crippen LogP contribution < -0.4 is 5.73 Å². The van der Waals surface area contributed by atoms with Crippen LogP contribution in [0.2, 0.25) is 0 Å². The molecule has 0 atom stereocenters. The van der Waals surface area contributed by atoms with Crippen molar-refractivity contribution in [2.45, 2.75) is 70.6 Å². The SMILES string of the molecule is NCC12CCC(C3CCCCC3)(CC1)CC2. The minimum absolute atomic E-state index is 0.580. The lowest BCUT2D eigenvalue weighted by Gasteiger charge is -2.57. The van der Waals surface area contributed by atoms with Gasteiger partial charge in [0.1, 0.15) is 0 Å². The molecule has 2 N–H and O–H groups in total. The summed E-state index contributed by atoms with van der Waals surface area (Å²) < 4.78 is 0. The van der Waals surface area contributed by atoms with E-state index in [1.165, 1.54) is 70.6 Å². The maximum Gasteiger partial charge on any atom is -0.00205 e. The van der Waals surface area contributed by atoms with Crippen LogP contribution in [0, 0.1) is 16.7 Å². The fourth-order valence-corrected chi connectivity index (χ4v) is 4.93. The summed E-state index contributed by atoms with van der Waals surface area (Å²) in [5, 5.41) is 0. The molecular formula is C15H27N. The zero-order valence-electron chi connectivity index (χ0n) is 10.6. The third-order valence-electron chi connectivity index (χ3n) is 6.36. The van der Waals surface area contributed by atoms with E-state index in [0.717, 1.165) is 17.9 Å². The van der Waals surface area contributed by atoms with E-state index in [0.29, 0.717) is 5.41 Å². The van der Waals surface area contributed by atoms with Crippen molar-refractivity contribution in [3.63, 3.8) is 0 Å². The third-order valence-corrected chi connectivity index (χ3v) is 6.36. The summed E-state index contributed by atoms with van der Waals surface area (Å²) in [5.74, 6) is 1.08. The second-order valence-electron chi connectivity index (χ2n) is 6.90. The standard InChI is InChI=1S/C15H27N/c16-12-14-6-9-15(10-7-14,11-8-14)13-4-2-1-3-5-13/h13H,1-12,16H2. The summed E-state index contributed by atoms with van der Waals surface area (Å²) in [7, 11) is 0. The van der Waals surface area contributed by atoms with E-state index in [1.807, 2.05) is 0 Å². The molecule has 1 heteroatoms. The molecule has 4 saturated carbocycles. The van der Waals surface area contributed by atoms with Gasteiger partial charge in [-0.2, -0.15) is 0 Å². The molecule has 2 bridgehead atoms. The van der Waals surface area contributed by atoms with Crippen LogP contribution in [0.4, 0.5) is 0 Å². The molecule has 92 valence electrons. The highest BCUT2D eigenvalue weighted by Crippen LogP contribution is 2.61. The molecule has 0 saturated heterocycles. The monoisotopic (exact) mass is 221 g/mol. The smallest absolute Gasteiger partial charge is 0.00205 e. The van der Waals surface area contributed by atoms with Gasteiger partial charge in [-0.25, -0.2) is 0 Å². The molecule has 0 spiro atoms. The molecule has 0 unspecified atom stereocenters. The zero-order valence-corrected chi connectivity index (χ0v) is 10.6. The Kier molecular flexibility index (Phi) is 2.78. The Labute approximate surface area is 100 Å². The second kappa shape index (κ2) is 4.01. The molecule has 0 aromatic carbocycles. The highest BCUT2D eigenvalue weighted by Gasteiger charge is 2.50. The lowest BCUT2D eigenvalue weighted by Crippen LogP contribution is -2.48. The number of nitrogens with two attached hydrogens (primary N) is 1. The van der Waals surface area contributed by atoms with E-state index < -0.39 is 0 Å². The fourth-order valence-electron chi connectivity index (χ4n) is 4.93.